The fourth-order valence-electron chi connectivity index (χ4n) is 3.12. The van der Waals surface area contributed by atoms with Gasteiger partial charge in [0.15, 0.2) is 0 Å². The van der Waals surface area contributed by atoms with Gasteiger partial charge in [0.2, 0.25) is 5.76 Å². The van der Waals surface area contributed by atoms with E-state index in [0.717, 1.165) is 5.06 Å². The first-order chi connectivity index (χ1) is 14.0. The maximum atomic E-state index is 13.0. The summed E-state index contributed by atoms with van der Waals surface area (Å²) in [6.07, 6.45) is 1.36. The van der Waals surface area contributed by atoms with Crippen LogP contribution in [0.4, 0.5) is 4.79 Å². The van der Waals surface area contributed by atoms with E-state index in [9.17, 15) is 9.59 Å². The van der Waals surface area contributed by atoms with Crippen LogP contribution < -0.4 is 10.2 Å². The van der Waals surface area contributed by atoms with E-state index in [4.69, 9.17) is 14.0 Å². The number of carbonyl (C=O) groups is 2. The van der Waals surface area contributed by atoms with Gasteiger partial charge < -0.3 is 14.0 Å². The number of hydrogen-bond donors (Lipinski definition) is 1. The number of carbonyl (C=O) groups excluding carboxylic acids is 2. The zero-order valence-corrected chi connectivity index (χ0v) is 15.9. The minimum Gasteiger partial charge on any atom is -0.457 e. The number of furan rings is 1. The molecule has 0 atom stereocenters. The zero-order chi connectivity index (χ0) is 20.4. The largest absolute Gasteiger partial charge is 0.457 e. The van der Waals surface area contributed by atoms with Gasteiger partial charge in [-0.2, -0.15) is 0 Å². The molecule has 2 amide bonds. The molecular formula is C21H19N3O5. The number of benzene rings is 2. The quantitative estimate of drug-likeness (QED) is 0.683. The molecule has 29 heavy (non-hydrogen) atoms. The summed E-state index contributed by atoms with van der Waals surface area (Å²) in [6, 6.07) is 16.3. The molecular weight excluding hydrogens is 374 g/mol. The van der Waals surface area contributed by atoms with Crippen molar-refractivity contribution in [1.29, 1.82) is 0 Å². The second-order valence-corrected chi connectivity index (χ2v) is 6.57. The molecule has 1 aliphatic heterocycles. The number of fused-ring (bicyclic) bond motifs is 2. The highest BCUT2D eigenvalue weighted by Crippen LogP contribution is 2.45. The third-order valence-corrected chi connectivity index (χ3v) is 4.30. The Morgan fingerprint density at radius 1 is 0.931 bits per heavy atom. The van der Waals surface area contributed by atoms with E-state index < -0.39 is 18.0 Å². The van der Waals surface area contributed by atoms with Gasteiger partial charge in [-0.3, -0.25) is 5.43 Å². The Morgan fingerprint density at radius 3 is 2.10 bits per heavy atom. The second kappa shape index (κ2) is 7.69. The van der Waals surface area contributed by atoms with Gasteiger partial charge in [0.1, 0.15) is 17.5 Å². The van der Waals surface area contributed by atoms with E-state index in [1.807, 2.05) is 36.4 Å². The fourth-order valence-corrected chi connectivity index (χ4v) is 3.12. The van der Waals surface area contributed by atoms with Crippen LogP contribution in [-0.4, -0.2) is 36.2 Å². The van der Waals surface area contributed by atoms with Crippen LogP contribution in [0.3, 0.4) is 0 Å². The van der Waals surface area contributed by atoms with Crippen molar-refractivity contribution in [2.75, 3.05) is 14.1 Å². The summed E-state index contributed by atoms with van der Waals surface area (Å²) < 4.78 is 11.1. The van der Waals surface area contributed by atoms with Crippen molar-refractivity contribution in [2.24, 2.45) is 0 Å². The van der Waals surface area contributed by atoms with Gasteiger partial charge in [-0.15, -0.1) is 5.06 Å². The average molecular weight is 393 g/mol. The molecule has 0 unspecified atom stereocenters. The molecule has 0 saturated carbocycles. The number of rotatable bonds is 3. The van der Waals surface area contributed by atoms with E-state index >= 15 is 0 Å². The van der Waals surface area contributed by atoms with Gasteiger partial charge in [0, 0.05) is 25.2 Å². The van der Waals surface area contributed by atoms with Crippen LogP contribution in [-0.2, 0) is 4.84 Å². The Labute approximate surface area is 167 Å². The Bertz CT molecular complexity index is 987. The summed E-state index contributed by atoms with van der Waals surface area (Å²) in [7, 11) is 3.33. The molecule has 2 heterocycles. The van der Waals surface area contributed by atoms with Gasteiger partial charge in [0.25, 0.3) is 0 Å². The van der Waals surface area contributed by atoms with E-state index in [-0.39, 0.29) is 5.76 Å². The lowest BCUT2D eigenvalue weighted by atomic mass is 9.94. The molecule has 3 aromatic rings. The van der Waals surface area contributed by atoms with Crippen molar-refractivity contribution < 1.29 is 23.6 Å². The number of ether oxygens (including phenoxy) is 1. The van der Waals surface area contributed by atoms with Crippen LogP contribution in [0.1, 0.15) is 27.7 Å². The summed E-state index contributed by atoms with van der Waals surface area (Å²) in [6.45, 7) is 0. The molecule has 8 nitrogen and oxygen atoms in total. The highest BCUT2D eigenvalue weighted by molar-refractivity contribution is 5.87. The van der Waals surface area contributed by atoms with Gasteiger partial charge in [-0.1, -0.05) is 36.4 Å². The predicted octanol–water partition coefficient (Wildman–Crippen LogP) is 3.73. The molecule has 0 fully saturated rings. The smallest absolute Gasteiger partial charge is 0.398 e. The standard InChI is InChI=1S/C21H19N3O5/c1-23(2)22-21(26)24(29-20(25)18-12-7-13-27-18)19-14-8-3-5-10-16(14)28-17-11-6-4-9-15(17)19/h3-13,19H,1-2H3,(H,22,26). The molecule has 1 aromatic heterocycles. The molecule has 0 spiro atoms. The lowest BCUT2D eigenvalue weighted by Crippen LogP contribution is -2.48. The number of nitrogens with zero attached hydrogens (tertiary/aromatic N) is 2. The van der Waals surface area contributed by atoms with Crippen LogP contribution in [0.5, 0.6) is 11.5 Å². The van der Waals surface area contributed by atoms with E-state index in [2.05, 4.69) is 5.43 Å². The van der Waals surface area contributed by atoms with Gasteiger partial charge in [0.05, 0.1) is 6.26 Å². The predicted molar refractivity (Wildman–Crippen MR) is 103 cm³/mol. The molecule has 0 aliphatic carbocycles. The van der Waals surface area contributed by atoms with E-state index in [1.165, 1.54) is 17.3 Å². The Balaban J connectivity index is 1.79. The van der Waals surface area contributed by atoms with Gasteiger partial charge in [-0.05, 0) is 24.3 Å². The van der Waals surface area contributed by atoms with Crippen molar-refractivity contribution in [1.82, 2.24) is 15.5 Å². The molecule has 0 saturated heterocycles. The van der Waals surface area contributed by atoms with Crippen molar-refractivity contribution in [3.8, 4) is 11.5 Å². The molecule has 1 N–H and O–H groups in total. The molecule has 0 radical (unpaired) electrons. The normalized spacial score (nSPS) is 12.5. The number of hydrogen-bond acceptors (Lipinski definition) is 6. The van der Waals surface area contributed by atoms with E-state index in [0.29, 0.717) is 22.6 Å². The number of nitrogens with one attached hydrogen (secondary N) is 1. The van der Waals surface area contributed by atoms with Gasteiger partial charge >= 0.3 is 12.0 Å². The molecule has 2 aromatic carbocycles. The van der Waals surface area contributed by atoms with Crippen LogP contribution >= 0.6 is 0 Å². The summed E-state index contributed by atoms with van der Waals surface area (Å²) >= 11 is 0. The van der Waals surface area contributed by atoms with Crippen LogP contribution in [0, 0.1) is 0 Å². The highest BCUT2D eigenvalue weighted by atomic mass is 16.7. The number of hydrazine groups is 1. The summed E-state index contributed by atoms with van der Waals surface area (Å²) in [4.78, 5) is 31.1. The molecule has 8 heteroatoms. The minimum absolute atomic E-state index is 0.0127. The Morgan fingerprint density at radius 2 is 1.55 bits per heavy atom. The third kappa shape index (κ3) is 3.65. The molecule has 4 rings (SSSR count). The number of urea groups is 1. The van der Waals surface area contributed by atoms with Crippen molar-refractivity contribution >= 4 is 12.0 Å². The first kappa shape index (κ1) is 18.6. The zero-order valence-electron chi connectivity index (χ0n) is 15.9. The molecule has 1 aliphatic rings. The van der Waals surface area contributed by atoms with E-state index in [1.54, 1.807) is 32.3 Å². The molecule has 0 bridgehead atoms. The maximum Gasteiger partial charge on any atom is 0.398 e. The van der Waals surface area contributed by atoms with Crippen molar-refractivity contribution in [2.45, 2.75) is 6.04 Å². The monoisotopic (exact) mass is 393 g/mol. The first-order valence-electron chi connectivity index (χ1n) is 8.93. The second-order valence-electron chi connectivity index (χ2n) is 6.57. The Hall–Kier alpha value is -3.78. The lowest BCUT2D eigenvalue weighted by Gasteiger charge is -2.35. The van der Waals surface area contributed by atoms with Crippen LogP contribution in [0.2, 0.25) is 0 Å². The number of para-hydroxylation sites is 2. The number of amides is 2. The number of hydroxylamine groups is 2. The van der Waals surface area contributed by atoms with Crippen LogP contribution in [0.15, 0.2) is 71.3 Å². The average Bonchev–Trinajstić information content (AvgIpc) is 3.25. The van der Waals surface area contributed by atoms with Crippen molar-refractivity contribution in [3.63, 3.8) is 0 Å². The van der Waals surface area contributed by atoms with Crippen LogP contribution in [0.25, 0.3) is 0 Å². The summed E-state index contributed by atoms with van der Waals surface area (Å²) in [5, 5.41) is 2.47. The maximum absolute atomic E-state index is 13.0. The summed E-state index contributed by atoms with van der Waals surface area (Å²) in [5.41, 5.74) is 4.00. The fraction of sp³-hybridized carbons (Fsp3) is 0.143. The molecule has 148 valence electrons. The Kier molecular flexibility index (Phi) is 4.92. The van der Waals surface area contributed by atoms with Crippen molar-refractivity contribution in [3.05, 3.63) is 83.8 Å². The SMILES string of the molecule is CN(C)NC(=O)N(OC(=O)c1ccco1)C1c2ccccc2Oc2ccccc21. The topological polar surface area (TPSA) is 84.3 Å². The third-order valence-electron chi connectivity index (χ3n) is 4.30. The first-order valence-corrected chi connectivity index (χ1v) is 8.93. The van der Waals surface area contributed by atoms with Gasteiger partial charge in [-0.25, -0.2) is 14.6 Å². The summed E-state index contributed by atoms with van der Waals surface area (Å²) in [5.74, 6) is 0.354. The highest BCUT2D eigenvalue weighted by Gasteiger charge is 2.38. The lowest BCUT2D eigenvalue weighted by molar-refractivity contribution is -0.0976. The minimum atomic E-state index is -0.787.